The standard InChI is InChI=1S/C13H19FN2O/c1-10(16-7-5-15-6-8-16)11-3-4-12(14)13(9-11)17-2/h3-4,9-10,15H,5-8H2,1-2H3/t10-/m1/s1. The largest absolute Gasteiger partial charge is 0.494 e. The summed E-state index contributed by atoms with van der Waals surface area (Å²) in [4.78, 5) is 2.39. The van der Waals surface area contributed by atoms with Gasteiger partial charge in [0.15, 0.2) is 11.6 Å². The van der Waals surface area contributed by atoms with E-state index < -0.39 is 0 Å². The van der Waals surface area contributed by atoms with Crippen molar-refractivity contribution in [3.63, 3.8) is 0 Å². The van der Waals surface area contributed by atoms with E-state index in [2.05, 4.69) is 17.1 Å². The number of halogens is 1. The average Bonchev–Trinajstić information content (AvgIpc) is 2.39. The Morgan fingerprint density at radius 3 is 2.71 bits per heavy atom. The third-order valence-corrected chi connectivity index (χ3v) is 3.36. The van der Waals surface area contributed by atoms with Crippen molar-refractivity contribution in [2.45, 2.75) is 13.0 Å². The van der Waals surface area contributed by atoms with Gasteiger partial charge in [-0.25, -0.2) is 4.39 Å². The summed E-state index contributed by atoms with van der Waals surface area (Å²) in [6, 6.07) is 5.41. The van der Waals surface area contributed by atoms with E-state index in [-0.39, 0.29) is 5.82 Å². The number of hydrogen-bond acceptors (Lipinski definition) is 3. The number of ether oxygens (including phenoxy) is 1. The lowest BCUT2D eigenvalue weighted by Crippen LogP contribution is -2.44. The van der Waals surface area contributed by atoms with E-state index in [1.54, 1.807) is 6.07 Å². The van der Waals surface area contributed by atoms with Gasteiger partial charge in [-0.1, -0.05) is 6.07 Å². The second kappa shape index (κ2) is 5.47. The van der Waals surface area contributed by atoms with Crippen molar-refractivity contribution in [2.75, 3.05) is 33.3 Å². The third-order valence-electron chi connectivity index (χ3n) is 3.36. The normalized spacial score (nSPS) is 19.0. The first-order valence-corrected chi connectivity index (χ1v) is 6.00. The van der Waals surface area contributed by atoms with Crippen LogP contribution in [0.15, 0.2) is 18.2 Å². The summed E-state index contributed by atoms with van der Waals surface area (Å²) < 4.78 is 18.3. The van der Waals surface area contributed by atoms with Crippen LogP contribution in [0.1, 0.15) is 18.5 Å². The van der Waals surface area contributed by atoms with Gasteiger partial charge in [0.05, 0.1) is 7.11 Å². The van der Waals surface area contributed by atoms with E-state index in [1.165, 1.54) is 13.2 Å². The lowest BCUT2D eigenvalue weighted by atomic mass is 10.1. The number of benzene rings is 1. The van der Waals surface area contributed by atoms with Crippen molar-refractivity contribution in [2.24, 2.45) is 0 Å². The molecule has 94 valence electrons. The molecule has 0 spiro atoms. The lowest BCUT2D eigenvalue weighted by Gasteiger charge is -2.33. The molecule has 0 saturated carbocycles. The maximum Gasteiger partial charge on any atom is 0.165 e. The van der Waals surface area contributed by atoms with E-state index in [1.807, 2.05) is 6.07 Å². The molecule has 1 aromatic carbocycles. The highest BCUT2D eigenvalue weighted by Crippen LogP contribution is 2.26. The number of piperazine rings is 1. The van der Waals surface area contributed by atoms with Gasteiger partial charge in [0, 0.05) is 32.2 Å². The molecule has 4 heteroatoms. The van der Waals surface area contributed by atoms with Crippen LogP contribution in [0.5, 0.6) is 5.75 Å². The number of rotatable bonds is 3. The van der Waals surface area contributed by atoms with Crippen LogP contribution in [0, 0.1) is 5.82 Å². The van der Waals surface area contributed by atoms with Crippen molar-refractivity contribution in [1.29, 1.82) is 0 Å². The van der Waals surface area contributed by atoms with Crippen LogP contribution in [0.25, 0.3) is 0 Å². The molecule has 0 aromatic heterocycles. The topological polar surface area (TPSA) is 24.5 Å². The van der Waals surface area contributed by atoms with Crippen LogP contribution in [0.3, 0.4) is 0 Å². The summed E-state index contributed by atoms with van der Waals surface area (Å²) in [7, 11) is 1.50. The second-order valence-electron chi connectivity index (χ2n) is 4.36. The van der Waals surface area contributed by atoms with Crippen molar-refractivity contribution in [3.8, 4) is 5.75 Å². The van der Waals surface area contributed by atoms with Gasteiger partial charge in [-0.2, -0.15) is 0 Å². The van der Waals surface area contributed by atoms with Gasteiger partial charge >= 0.3 is 0 Å². The van der Waals surface area contributed by atoms with Crippen LogP contribution in [-0.4, -0.2) is 38.2 Å². The zero-order valence-corrected chi connectivity index (χ0v) is 10.4. The molecule has 1 aliphatic heterocycles. The molecule has 1 saturated heterocycles. The minimum absolute atomic E-state index is 0.298. The molecule has 1 aromatic rings. The number of nitrogens with zero attached hydrogens (tertiary/aromatic N) is 1. The van der Waals surface area contributed by atoms with Crippen molar-refractivity contribution in [1.82, 2.24) is 10.2 Å². The molecular weight excluding hydrogens is 219 g/mol. The smallest absolute Gasteiger partial charge is 0.165 e. The van der Waals surface area contributed by atoms with Crippen LogP contribution >= 0.6 is 0 Å². The summed E-state index contributed by atoms with van der Waals surface area (Å²) in [6.07, 6.45) is 0. The zero-order valence-electron chi connectivity index (χ0n) is 10.4. The number of methoxy groups -OCH3 is 1. The highest BCUT2D eigenvalue weighted by atomic mass is 19.1. The van der Waals surface area contributed by atoms with Gasteiger partial charge in [-0.15, -0.1) is 0 Å². The molecule has 0 radical (unpaired) electrons. The van der Waals surface area contributed by atoms with E-state index in [0.717, 1.165) is 31.7 Å². The molecule has 0 amide bonds. The fourth-order valence-electron chi connectivity index (χ4n) is 2.22. The summed E-state index contributed by atoms with van der Waals surface area (Å²) in [6.45, 7) is 6.24. The molecule has 0 aliphatic carbocycles. The molecule has 1 heterocycles. The minimum Gasteiger partial charge on any atom is -0.494 e. The lowest BCUT2D eigenvalue weighted by molar-refractivity contribution is 0.185. The SMILES string of the molecule is COc1cc([C@@H](C)N2CCNCC2)ccc1F. The third kappa shape index (κ3) is 2.76. The van der Waals surface area contributed by atoms with Crippen LogP contribution in [0.4, 0.5) is 4.39 Å². The number of hydrogen-bond donors (Lipinski definition) is 1. The quantitative estimate of drug-likeness (QED) is 0.869. The van der Waals surface area contributed by atoms with Crippen molar-refractivity contribution < 1.29 is 9.13 Å². The fourth-order valence-corrected chi connectivity index (χ4v) is 2.22. The Balaban J connectivity index is 2.15. The Bertz CT molecular complexity index is 378. The van der Waals surface area contributed by atoms with E-state index in [9.17, 15) is 4.39 Å². The van der Waals surface area contributed by atoms with Crippen LogP contribution in [0.2, 0.25) is 0 Å². The Morgan fingerprint density at radius 2 is 2.06 bits per heavy atom. The zero-order chi connectivity index (χ0) is 12.3. The first-order valence-electron chi connectivity index (χ1n) is 6.00. The van der Waals surface area contributed by atoms with Crippen LogP contribution < -0.4 is 10.1 Å². The highest BCUT2D eigenvalue weighted by molar-refractivity contribution is 5.32. The van der Waals surface area contributed by atoms with E-state index in [0.29, 0.717) is 11.8 Å². The molecular formula is C13H19FN2O. The van der Waals surface area contributed by atoms with Gasteiger partial charge in [-0.3, -0.25) is 4.90 Å². The van der Waals surface area contributed by atoms with Crippen molar-refractivity contribution in [3.05, 3.63) is 29.6 Å². The summed E-state index contributed by atoms with van der Waals surface area (Å²) in [5.74, 6) is 0.0215. The van der Waals surface area contributed by atoms with E-state index in [4.69, 9.17) is 4.74 Å². The second-order valence-corrected chi connectivity index (χ2v) is 4.36. The summed E-state index contributed by atoms with van der Waals surface area (Å²) in [5.41, 5.74) is 1.10. The average molecular weight is 238 g/mol. The van der Waals surface area contributed by atoms with Gasteiger partial charge in [0.1, 0.15) is 0 Å². The molecule has 1 N–H and O–H groups in total. The number of nitrogens with one attached hydrogen (secondary N) is 1. The molecule has 0 bridgehead atoms. The summed E-state index contributed by atoms with van der Waals surface area (Å²) in [5, 5.41) is 3.33. The van der Waals surface area contributed by atoms with Gasteiger partial charge in [-0.05, 0) is 24.6 Å². The summed E-state index contributed by atoms with van der Waals surface area (Å²) >= 11 is 0. The Labute approximate surface area is 102 Å². The molecule has 1 atom stereocenters. The first-order chi connectivity index (χ1) is 8.22. The molecule has 2 rings (SSSR count). The monoisotopic (exact) mass is 238 g/mol. The van der Waals surface area contributed by atoms with Crippen LogP contribution in [-0.2, 0) is 0 Å². The molecule has 1 fully saturated rings. The maximum absolute atomic E-state index is 13.3. The predicted molar refractivity (Wildman–Crippen MR) is 65.8 cm³/mol. The van der Waals surface area contributed by atoms with Crippen molar-refractivity contribution >= 4 is 0 Å². The van der Waals surface area contributed by atoms with Gasteiger partial charge < -0.3 is 10.1 Å². The predicted octanol–water partition coefficient (Wildman–Crippen LogP) is 1.80. The maximum atomic E-state index is 13.3. The molecule has 17 heavy (non-hydrogen) atoms. The Kier molecular flexibility index (Phi) is 3.97. The molecule has 3 nitrogen and oxygen atoms in total. The minimum atomic E-state index is -0.302. The fraction of sp³-hybridized carbons (Fsp3) is 0.538. The highest BCUT2D eigenvalue weighted by Gasteiger charge is 2.18. The van der Waals surface area contributed by atoms with E-state index >= 15 is 0 Å². The molecule has 0 unspecified atom stereocenters. The van der Waals surface area contributed by atoms with Gasteiger partial charge in [0.25, 0.3) is 0 Å². The molecule has 1 aliphatic rings. The Morgan fingerprint density at radius 1 is 1.35 bits per heavy atom. The Hall–Kier alpha value is -1.13. The first kappa shape index (κ1) is 12.3. The van der Waals surface area contributed by atoms with Gasteiger partial charge in [0.2, 0.25) is 0 Å².